The van der Waals surface area contributed by atoms with Crippen molar-refractivity contribution in [3.8, 4) is 5.75 Å². The number of carbonyl (C=O) groups is 2. The molecule has 1 amide bonds. The number of aliphatic hydroxyl groups is 1. The van der Waals surface area contributed by atoms with Gasteiger partial charge >= 0.3 is 0 Å². The molecule has 0 bridgehead atoms. The van der Waals surface area contributed by atoms with Crippen LogP contribution in [0.15, 0.2) is 54.1 Å². The molecule has 1 saturated heterocycles. The van der Waals surface area contributed by atoms with Gasteiger partial charge in [0, 0.05) is 38.0 Å². The number of ether oxygens (including phenoxy) is 2. The summed E-state index contributed by atoms with van der Waals surface area (Å²) in [6, 6.07) is 11.4. The van der Waals surface area contributed by atoms with Crippen LogP contribution in [0.1, 0.15) is 30.5 Å². The third-order valence-electron chi connectivity index (χ3n) is 5.12. The van der Waals surface area contributed by atoms with E-state index >= 15 is 0 Å². The highest BCUT2D eigenvalue weighted by atomic mass is 16.6. The maximum absolute atomic E-state index is 12.9. The number of amides is 1. The molecule has 1 atom stereocenters. The van der Waals surface area contributed by atoms with Gasteiger partial charge in [0.15, 0.2) is 0 Å². The van der Waals surface area contributed by atoms with Crippen LogP contribution in [0.4, 0.5) is 5.69 Å². The Morgan fingerprint density at radius 2 is 1.91 bits per heavy atom. The standard InChI is InChI=1S/C23H24N2O7/c1-3-32-18-10-8-15(9-11-18)20-19(22(27)23(28)24(20)12-5-13-31-2)21(26)16-6-4-7-17(14-16)25(29)30/h4,6-11,14,20,26H,3,5,12-13H2,1-2H3/b21-19-. The molecule has 1 unspecified atom stereocenters. The minimum absolute atomic E-state index is 0.0880. The molecular weight excluding hydrogens is 416 g/mol. The molecule has 9 nitrogen and oxygen atoms in total. The van der Waals surface area contributed by atoms with Crippen molar-refractivity contribution < 1.29 is 29.1 Å². The third-order valence-corrected chi connectivity index (χ3v) is 5.12. The van der Waals surface area contributed by atoms with Gasteiger partial charge in [-0.1, -0.05) is 24.3 Å². The average molecular weight is 440 g/mol. The van der Waals surface area contributed by atoms with Crippen molar-refractivity contribution in [1.82, 2.24) is 4.90 Å². The van der Waals surface area contributed by atoms with Crippen LogP contribution in [0, 0.1) is 10.1 Å². The predicted octanol–water partition coefficient (Wildman–Crippen LogP) is 3.45. The minimum atomic E-state index is -0.846. The summed E-state index contributed by atoms with van der Waals surface area (Å²) in [5.74, 6) is -1.41. The van der Waals surface area contributed by atoms with Crippen LogP contribution < -0.4 is 4.74 Å². The normalized spacial score (nSPS) is 17.6. The fraction of sp³-hybridized carbons (Fsp3) is 0.304. The zero-order chi connectivity index (χ0) is 23.3. The zero-order valence-corrected chi connectivity index (χ0v) is 17.8. The van der Waals surface area contributed by atoms with E-state index in [-0.39, 0.29) is 23.4 Å². The highest BCUT2D eigenvalue weighted by Crippen LogP contribution is 2.40. The summed E-state index contributed by atoms with van der Waals surface area (Å²) < 4.78 is 10.5. The van der Waals surface area contributed by atoms with Crippen LogP contribution in [0.25, 0.3) is 5.76 Å². The zero-order valence-electron chi connectivity index (χ0n) is 17.8. The third kappa shape index (κ3) is 4.62. The molecule has 9 heteroatoms. The van der Waals surface area contributed by atoms with Gasteiger partial charge in [-0.05, 0) is 31.0 Å². The van der Waals surface area contributed by atoms with Crippen LogP contribution in [-0.4, -0.2) is 53.5 Å². The van der Waals surface area contributed by atoms with Crippen LogP contribution >= 0.6 is 0 Å². The molecule has 168 valence electrons. The number of aliphatic hydroxyl groups excluding tert-OH is 1. The molecule has 0 radical (unpaired) electrons. The van der Waals surface area contributed by atoms with Gasteiger partial charge < -0.3 is 19.5 Å². The van der Waals surface area contributed by atoms with Crippen LogP contribution in [0.5, 0.6) is 5.75 Å². The Morgan fingerprint density at radius 3 is 2.53 bits per heavy atom. The number of benzene rings is 2. The van der Waals surface area contributed by atoms with Gasteiger partial charge in [-0.15, -0.1) is 0 Å². The molecule has 2 aromatic carbocycles. The van der Waals surface area contributed by atoms with E-state index in [9.17, 15) is 24.8 Å². The molecule has 1 aliphatic rings. The molecule has 1 N–H and O–H groups in total. The van der Waals surface area contributed by atoms with E-state index in [1.807, 2.05) is 6.92 Å². The first-order valence-electron chi connectivity index (χ1n) is 10.1. The topological polar surface area (TPSA) is 119 Å². The molecule has 0 aromatic heterocycles. The monoisotopic (exact) mass is 440 g/mol. The van der Waals surface area contributed by atoms with Crippen molar-refractivity contribution in [1.29, 1.82) is 0 Å². The predicted molar refractivity (Wildman–Crippen MR) is 116 cm³/mol. The van der Waals surface area contributed by atoms with Crippen molar-refractivity contribution in [2.45, 2.75) is 19.4 Å². The summed E-state index contributed by atoms with van der Waals surface area (Å²) in [6.45, 7) is 2.98. The van der Waals surface area contributed by atoms with Crippen LogP contribution in [0.2, 0.25) is 0 Å². The highest BCUT2D eigenvalue weighted by Gasteiger charge is 2.45. The number of nitro benzene ring substituents is 1. The molecular formula is C23H24N2O7. The summed E-state index contributed by atoms with van der Waals surface area (Å²) in [5, 5.41) is 22.1. The molecule has 2 aromatic rings. The first-order chi connectivity index (χ1) is 15.4. The number of nitro groups is 1. The van der Waals surface area contributed by atoms with Crippen molar-refractivity contribution >= 4 is 23.1 Å². The van der Waals surface area contributed by atoms with E-state index in [0.717, 1.165) is 0 Å². The number of Topliss-reactive ketones (excluding diaryl/α,β-unsaturated/α-hetero) is 1. The highest BCUT2D eigenvalue weighted by molar-refractivity contribution is 6.46. The van der Waals surface area contributed by atoms with E-state index < -0.39 is 28.4 Å². The van der Waals surface area contributed by atoms with Crippen molar-refractivity contribution in [3.05, 3.63) is 75.3 Å². The molecule has 0 saturated carbocycles. The summed E-state index contributed by atoms with van der Waals surface area (Å²) in [6.07, 6.45) is 0.494. The Balaban J connectivity index is 2.11. The van der Waals surface area contributed by atoms with Gasteiger partial charge in [-0.2, -0.15) is 0 Å². The van der Waals surface area contributed by atoms with Crippen LogP contribution in [0.3, 0.4) is 0 Å². The molecule has 1 aliphatic heterocycles. The van der Waals surface area contributed by atoms with Crippen molar-refractivity contribution in [3.63, 3.8) is 0 Å². The lowest BCUT2D eigenvalue weighted by atomic mass is 9.95. The number of nitrogens with zero attached hydrogens (tertiary/aromatic N) is 2. The molecule has 1 fully saturated rings. The number of ketones is 1. The fourth-order valence-electron chi connectivity index (χ4n) is 3.67. The number of non-ortho nitro benzene ring substituents is 1. The second kappa shape index (κ2) is 10.1. The first kappa shape index (κ1) is 23.0. The van der Waals surface area contributed by atoms with Gasteiger partial charge in [0.1, 0.15) is 11.5 Å². The van der Waals surface area contributed by atoms with Crippen LogP contribution in [-0.2, 0) is 14.3 Å². The number of hydrogen-bond donors (Lipinski definition) is 1. The Morgan fingerprint density at radius 1 is 1.19 bits per heavy atom. The van der Waals surface area contributed by atoms with Crippen molar-refractivity contribution in [2.75, 3.05) is 26.9 Å². The molecule has 0 aliphatic carbocycles. The summed E-state index contributed by atoms with van der Waals surface area (Å²) in [7, 11) is 1.54. The van der Waals surface area contributed by atoms with E-state index in [1.165, 1.54) is 29.2 Å². The smallest absolute Gasteiger partial charge is 0.295 e. The summed E-state index contributed by atoms with van der Waals surface area (Å²) in [4.78, 5) is 37.7. The summed E-state index contributed by atoms with van der Waals surface area (Å²) in [5.41, 5.74) is 0.347. The lowest BCUT2D eigenvalue weighted by molar-refractivity contribution is -0.384. The van der Waals surface area contributed by atoms with Crippen molar-refractivity contribution in [2.24, 2.45) is 0 Å². The molecule has 3 rings (SSSR count). The van der Waals surface area contributed by atoms with Gasteiger partial charge in [0.25, 0.3) is 17.4 Å². The first-order valence-corrected chi connectivity index (χ1v) is 10.1. The van der Waals surface area contributed by atoms with Gasteiger partial charge in [-0.3, -0.25) is 19.7 Å². The van der Waals surface area contributed by atoms with E-state index in [1.54, 1.807) is 31.4 Å². The quantitative estimate of drug-likeness (QED) is 0.158. The number of methoxy groups -OCH3 is 1. The maximum Gasteiger partial charge on any atom is 0.295 e. The van der Waals surface area contributed by atoms with Gasteiger partial charge in [0.05, 0.1) is 23.1 Å². The van der Waals surface area contributed by atoms with Gasteiger partial charge in [-0.25, -0.2) is 0 Å². The Hall–Kier alpha value is -3.72. The number of rotatable bonds is 9. The van der Waals surface area contributed by atoms with E-state index in [0.29, 0.717) is 30.9 Å². The lowest BCUT2D eigenvalue weighted by Crippen LogP contribution is -2.31. The Bertz CT molecular complexity index is 1050. The lowest BCUT2D eigenvalue weighted by Gasteiger charge is -2.25. The number of hydrogen-bond acceptors (Lipinski definition) is 7. The van der Waals surface area contributed by atoms with E-state index in [4.69, 9.17) is 9.47 Å². The second-order valence-corrected chi connectivity index (χ2v) is 7.15. The molecule has 32 heavy (non-hydrogen) atoms. The molecule has 0 spiro atoms. The van der Waals surface area contributed by atoms with Gasteiger partial charge in [0.2, 0.25) is 0 Å². The minimum Gasteiger partial charge on any atom is -0.507 e. The fourth-order valence-corrected chi connectivity index (χ4v) is 3.67. The SMILES string of the molecule is CCOc1ccc(C2/C(=C(/O)c3cccc([N+](=O)[O-])c3)C(=O)C(=O)N2CCCOC)cc1. The molecule has 1 heterocycles. The summed E-state index contributed by atoms with van der Waals surface area (Å²) >= 11 is 0. The Labute approximate surface area is 185 Å². The Kier molecular flexibility index (Phi) is 7.21. The second-order valence-electron chi connectivity index (χ2n) is 7.15. The largest absolute Gasteiger partial charge is 0.507 e. The maximum atomic E-state index is 12.9. The number of likely N-dealkylation sites (tertiary alicyclic amines) is 1. The average Bonchev–Trinajstić information content (AvgIpc) is 3.04. The van der Waals surface area contributed by atoms with E-state index in [2.05, 4.69) is 0 Å². The number of carbonyl (C=O) groups excluding carboxylic acids is 2.